The summed E-state index contributed by atoms with van der Waals surface area (Å²) in [5.41, 5.74) is 3.49. The van der Waals surface area contributed by atoms with Crippen molar-refractivity contribution in [2.24, 2.45) is 0 Å². The third kappa shape index (κ3) is 4.13. The van der Waals surface area contributed by atoms with Crippen molar-refractivity contribution in [2.75, 3.05) is 51.5 Å². The number of methoxy groups -OCH3 is 1. The molecule has 0 bridgehead atoms. The number of hydrogen-bond donors (Lipinski definition) is 1. The van der Waals surface area contributed by atoms with E-state index in [0.29, 0.717) is 18.4 Å². The van der Waals surface area contributed by atoms with Crippen molar-refractivity contribution in [3.63, 3.8) is 0 Å². The van der Waals surface area contributed by atoms with E-state index in [1.165, 1.54) is 0 Å². The standard InChI is InChI=1S/C24H25ClN6O2/c1-3-10-33-15-30-6-8-31(9-7-30)24-17-11-19(25)16(12-21(17)26-14-27-24)23-18-13-28-29-20(18)4-5-22(23)32-2/h3-5,11-14H,1,6-10,15H2,2H3,(H,28,29). The van der Waals surface area contributed by atoms with Crippen LogP contribution in [-0.2, 0) is 4.74 Å². The maximum Gasteiger partial charge on any atom is 0.140 e. The molecule has 1 N–H and O–H groups in total. The number of ether oxygens (including phenoxy) is 2. The summed E-state index contributed by atoms with van der Waals surface area (Å²) in [7, 11) is 1.65. The van der Waals surface area contributed by atoms with Gasteiger partial charge in [-0.05, 0) is 24.3 Å². The Hall–Kier alpha value is -3.20. The molecule has 8 nitrogen and oxygen atoms in total. The molecule has 0 saturated carbocycles. The average molecular weight is 465 g/mol. The van der Waals surface area contributed by atoms with Crippen molar-refractivity contribution in [3.8, 4) is 16.9 Å². The fourth-order valence-corrected chi connectivity index (χ4v) is 4.56. The van der Waals surface area contributed by atoms with Gasteiger partial charge in [0.05, 0.1) is 37.7 Å². The van der Waals surface area contributed by atoms with Crippen LogP contribution >= 0.6 is 11.6 Å². The topological polar surface area (TPSA) is 79.4 Å². The van der Waals surface area contributed by atoms with Gasteiger partial charge in [0.2, 0.25) is 0 Å². The fraction of sp³-hybridized carbons (Fsp3) is 0.292. The Labute approximate surface area is 196 Å². The van der Waals surface area contributed by atoms with E-state index < -0.39 is 0 Å². The molecule has 0 spiro atoms. The van der Waals surface area contributed by atoms with Gasteiger partial charge < -0.3 is 14.4 Å². The molecule has 1 fully saturated rings. The Morgan fingerprint density at radius 3 is 2.79 bits per heavy atom. The third-order valence-electron chi connectivity index (χ3n) is 5.96. The first-order chi connectivity index (χ1) is 16.2. The van der Waals surface area contributed by atoms with Crippen LogP contribution in [0.2, 0.25) is 5.02 Å². The Balaban J connectivity index is 1.49. The maximum atomic E-state index is 6.85. The van der Waals surface area contributed by atoms with Gasteiger partial charge in [-0.1, -0.05) is 17.7 Å². The molecule has 2 aromatic carbocycles. The van der Waals surface area contributed by atoms with Gasteiger partial charge in [0, 0.05) is 53.1 Å². The second-order valence-corrected chi connectivity index (χ2v) is 8.32. The number of piperazine rings is 1. The van der Waals surface area contributed by atoms with Gasteiger partial charge in [-0.15, -0.1) is 6.58 Å². The van der Waals surface area contributed by atoms with Gasteiger partial charge in [-0.3, -0.25) is 10.00 Å². The fourth-order valence-electron chi connectivity index (χ4n) is 4.31. The Morgan fingerprint density at radius 2 is 2.00 bits per heavy atom. The highest BCUT2D eigenvalue weighted by molar-refractivity contribution is 6.35. The molecule has 4 aromatic rings. The van der Waals surface area contributed by atoms with Gasteiger partial charge in [0.25, 0.3) is 0 Å². The van der Waals surface area contributed by atoms with Gasteiger partial charge in [-0.25, -0.2) is 9.97 Å². The monoisotopic (exact) mass is 464 g/mol. The quantitative estimate of drug-likeness (QED) is 0.325. The summed E-state index contributed by atoms with van der Waals surface area (Å²) in [5, 5.41) is 9.69. The highest BCUT2D eigenvalue weighted by Gasteiger charge is 2.22. The van der Waals surface area contributed by atoms with Crippen molar-refractivity contribution in [1.82, 2.24) is 25.1 Å². The van der Waals surface area contributed by atoms with Crippen LogP contribution in [0.1, 0.15) is 0 Å². The van der Waals surface area contributed by atoms with Gasteiger partial charge >= 0.3 is 0 Å². The van der Waals surface area contributed by atoms with Crippen molar-refractivity contribution in [3.05, 3.63) is 54.5 Å². The van der Waals surface area contributed by atoms with E-state index in [0.717, 1.165) is 70.7 Å². The number of nitrogens with one attached hydrogen (secondary N) is 1. The number of nitrogens with zero attached hydrogens (tertiary/aromatic N) is 5. The maximum absolute atomic E-state index is 6.85. The predicted molar refractivity (Wildman–Crippen MR) is 131 cm³/mol. The second-order valence-electron chi connectivity index (χ2n) is 7.91. The lowest BCUT2D eigenvalue weighted by molar-refractivity contribution is 0.0405. The largest absolute Gasteiger partial charge is 0.496 e. The Morgan fingerprint density at radius 1 is 1.15 bits per heavy atom. The SMILES string of the molecule is C=CCOCN1CCN(c2ncnc3cc(-c4c(OC)ccc5[nH]ncc45)c(Cl)cc23)CC1. The highest BCUT2D eigenvalue weighted by Crippen LogP contribution is 2.42. The Kier molecular flexibility index (Phi) is 6.13. The van der Waals surface area contributed by atoms with Gasteiger partial charge in [0.15, 0.2) is 0 Å². The van der Waals surface area contributed by atoms with E-state index in [2.05, 4.69) is 36.5 Å². The molecule has 170 valence electrons. The van der Waals surface area contributed by atoms with E-state index in [1.807, 2.05) is 24.3 Å². The van der Waals surface area contributed by atoms with Crippen LogP contribution < -0.4 is 9.64 Å². The summed E-state index contributed by atoms with van der Waals surface area (Å²) >= 11 is 6.85. The van der Waals surface area contributed by atoms with E-state index >= 15 is 0 Å². The van der Waals surface area contributed by atoms with E-state index in [-0.39, 0.29) is 0 Å². The van der Waals surface area contributed by atoms with Crippen LogP contribution in [0.4, 0.5) is 5.82 Å². The van der Waals surface area contributed by atoms with Crippen LogP contribution in [0, 0.1) is 0 Å². The lowest BCUT2D eigenvalue weighted by Gasteiger charge is -2.35. The number of halogens is 1. The zero-order valence-corrected chi connectivity index (χ0v) is 19.2. The minimum Gasteiger partial charge on any atom is -0.496 e. The number of benzene rings is 2. The summed E-state index contributed by atoms with van der Waals surface area (Å²) in [4.78, 5) is 13.7. The summed E-state index contributed by atoms with van der Waals surface area (Å²) in [5.74, 6) is 1.63. The molecule has 0 unspecified atom stereocenters. The number of rotatable bonds is 7. The molecule has 5 rings (SSSR count). The number of aromatic amines is 1. The van der Waals surface area contributed by atoms with Gasteiger partial charge in [0.1, 0.15) is 17.9 Å². The first-order valence-corrected chi connectivity index (χ1v) is 11.2. The first kappa shape index (κ1) is 21.6. The minimum atomic E-state index is 0.564. The molecule has 1 saturated heterocycles. The predicted octanol–water partition coefficient (Wildman–Crippen LogP) is 4.12. The lowest BCUT2D eigenvalue weighted by Crippen LogP contribution is -2.47. The van der Waals surface area contributed by atoms with Crippen LogP contribution in [0.3, 0.4) is 0 Å². The number of fused-ring (bicyclic) bond motifs is 2. The van der Waals surface area contributed by atoms with E-state index in [9.17, 15) is 0 Å². The Bertz CT molecular complexity index is 1300. The zero-order chi connectivity index (χ0) is 22.8. The van der Waals surface area contributed by atoms with E-state index in [4.69, 9.17) is 21.1 Å². The minimum absolute atomic E-state index is 0.564. The van der Waals surface area contributed by atoms with Crippen molar-refractivity contribution in [2.45, 2.75) is 0 Å². The summed E-state index contributed by atoms with van der Waals surface area (Å²) < 4.78 is 11.2. The average Bonchev–Trinajstić information content (AvgIpc) is 3.32. The summed E-state index contributed by atoms with van der Waals surface area (Å²) in [6.07, 6.45) is 5.17. The van der Waals surface area contributed by atoms with Crippen LogP contribution in [-0.4, -0.2) is 71.7 Å². The molecule has 0 aliphatic carbocycles. The zero-order valence-electron chi connectivity index (χ0n) is 18.4. The first-order valence-electron chi connectivity index (χ1n) is 10.8. The summed E-state index contributed by atoms with van der Waals surface area (Å²) in [6.45, 7) is 8.36. The molecule has 0 amide bonds. The molecular formula is C24H25ClN6O2. The second kappa shape index (κ2) is 9.35. The molecule has 9 heteroatoms. The number of aromatic nitrogens is 4. The van der Waals surface area contributed by atoms with Gasteiger partial charge in [-0.2, -0.15) is 5.10 Å². The normalized spacial score (nSPS) is 14.8. The smallest absolute Gasteiger partial charge is 0.140 e. The van der Waals surface area contributed by atoms with Crippen molar-refractivity contribution in [1.29, 1.82) is 0 Å². The molecule has 1 aliphatic heterocycles. The number of hydrogen-bond acceptors (Lipinski definition) is 7. The van der Waals surface area contributed by atoms with Crippen LogP contribution in [0.25, 0.3) is 32.9 Å². The summed E-state index contributed by atoms with van der Waals surface area (Å²) in [6, 6.07) is 7.83. The molecule has 0 atom stereocenters. The van der Waals surface area contributed by atoms with E-state index in [1.54, 1.807) is 25.7 Å². The van der Waals surface area contributed by atoms with Crippen molar-refractivity contribution >= 4 is 39.2 Å². The molecule has 1 aliphatic rings. The molecule has 33 heavy (non-hydrogen) atoms. The van der Waals surface area contributed by atoms with Crippen molar-refractivity contribution < 1.29 is 9.47 Å². The number of anilines is 1. The van der Waals surface area contributed by atoms with Crippen LogP contribution in [0.15, 0.2) is 49.4 Å². The number of H-pyrrole nitrogens is 1. The van der Waals surface area contributed by atoms with Crippen LogP contribution in [0.5, 0.6) is 5.75 Å². The third-order valence-corrected chi connectivity index (χ3v) is 6.27. The molecular weight excluding hydrogens is 440 g/mol. The molecule has 0 radical (unpaired) electrons. The molecule has 2 aromatic heterocycles. The lowest BCUT2D eigenvalue weighted by atomic mass is 9.99. The molecule has 3 heterocycles. The highest BCUT2D eigenvalue weighted by atomic mass is 35.5.